The zero-order valence-corrected chi connectivity index (χ0v) is 18.0. The first-order valence-corrected chi connectivity index (χ1v) is 10.9. The summed E-state index contributed by atoms with van der Waals surface area (Å²) in [7, 11) is -3.56. The molecule has 1 saturated heterocycles. The van der Waals surface area contributed by atoms with Gasteiger partial charge in [0.1, 0.15) is 0 Å². The Labute approximate surface area is 167 Å². The minimum atomic E-state index is -3.56. The molecule has 2 rings (SSSR count). The molecule has 9 heteroatoms. The van der Waals surface area contributed by atoms with Crippen molar-refractivity contribution in [3.05, 3.63) is 29.3 Å². The molecule has 1 aromatic rings. The summed E-state index contributed by atoms with van der Waals surface area (Å²) in [5, 5.41) is 4.93. The van der Waals surface area contributed by atoms with Gasteiger partial charge in [-0.25, -0.2) is 13.2 Å². The van der Waals surface area contributed by atoms with Crippen LogP contribution in [0.25, 0.3) is 0 Å². The average Bonchev–Trinajstić information content (AvgIpc) is 2.62. The second kappa shape index (κ2) is 9.02. The van der Waals surface area contributed by atoms with Gasteiger partial charge in [0.2, 0.25) is 15.9 Å². The number of urea groups is 1. The number of aryl methyl sites for hydroxylation is 2. The lowest BCUT2D eigenvalue weighted by atomic mass is 10.1. The second-order valence-corrected chi connectivity index (χ2v) is 9.42. The van der Waals surface area contributed by atoms with Gasteiger partial charge in [-0.3, -0.25) is 15.0 Å². The fourth-order valence-corrected chi connectivity index (χ4v) is 4.54. The van der Waals surface area contributed by atoms with E-state index < -0.39 is 28.0 Å². The summed E-state index contributed by atoms with van der Waals surface area (Å²) < 4.78 is 27.2. The number of carbonyl (C=O) groups excluding carboxylic acids is 2. The van der Waals surface area contributed by atoms with E-state index in [2.05, 4.69) is 10.6 Å². The molecular weight excluding hydrogens is 380 g/mol. The molecule has 2 N–H and O–H groups in total. The third-order valence-corrected chi connectivity index (χ3v) is 6.87. The van der Waals surface area contributed by atoms with Crippen LogP contribution in [0, 0.1) is 13.8 Å². The van der Waals surface area contributed by atoms with Crippen molar-refractivity contribution in [3.63, 3.8) is 0 Å². The van der Waals surface area contributed by atoms with Crippen molar-refractivity contribution >= 4 is 22.0 Å². The van der Waals surface area contributed by atoms with Gasteiger partial charge < -0.3 is 5.32 Å². The maximum absolute atomic E-state index is 12.9. The third kappa shape index (κ3) is 5.30. The molecule has 1 aliphatic rings. The number of nitrogens with one attached hydrogen (secondary N) is 2. The molecule has 0 saturated carbocycles. The highest BCUT2D eigenvalue weighted by Gasteiger charge is 2.32. The van der Waals surface area contributed by atoms with Crippen LogP contribution >= 0.6 is 0 Å². The lowest BCUT2D eigenvalue weighted by Crippen LogP contribution is -2.56. The number of hydrogen-bond acceptors (Lipinski definition) is 5. The van der Waals surface area contributed by atoms with Crippen molar-refractivity contribution < 1.29 is 18.0 Å². The van der Waals surface area contributed by atoms with Crippen molar-refractivity contribution in [2.45, 2.75) is 51.6 Å². The monoisotopic (exact) mass is 410 g/mol. The molecule has 1 heterocycles. The molecule has 0 aliphatic carbocycles. The SMILES string of the molecule is Cc1ccc(S(=O)(=O)N2CCN([C@H](C)C(=O)NC(=O)NC(C)C)CC2)cc1C. The zero-order valence-electron chi connectivity index (χ0n) is 17.2. The lowest BCUT2D eigenvalue weighted by Gasteiger charge is -2.36. The maximum atomic E-state index is 12.9. The van der Waals surface area contributed by atoms with Gasteiger partial charge in [0.05, 0.1) is 10.9 Å². The van der Waals surface area contributed by atoms with Gasteiger partial charge in [-0.2, -0.15) is 4.31 Å². The zero-order chi connectivity index (χ0) is 21.1. The van der Waals surface area contributed by atoms with Crippen LogP contribution in [-0.2, 0) is 14.8 Å². The Morgan fingerprint density at radius 1 is 1.00 bits per heavy atom. The van der Waals surface area contributed by atoms with Crippen molar-refractivity contribution in [1.82, 2.24) is 19.8 Å². The fraction of sp³-hybridized carbons (Fsp3) is 0.579. The number of nitrogens with zero attached hydrogens (tertiary/aromatic N) is 2. The predicted molar refractivity (Wildman–Crippen MR) is 108 cm³/mol. The molecule has 0 radical (unpaired) electrons. The van der Waals surface area contributed by atoms with Gasteiger partial charge in [-0.1, -0.05) is 6.07 Å². The largest absolute Gasteiger partial charge is 0.336 e. The van der Waals surface area contributed by atoms with Crippen LogP contribution in [0.1, 0.15) is 31.9 Å². The highest BCUT2D eigenvalue weighted by atomic mass is 32.2. The summed E-state index contributed by atoms with van der Waals surface area (Å²) in [6.07, 6.45) is 0. The van der Waals surface area contributed by atoms with Crippen molar-refractivity contribution in [2.24, 2.45) is 0 Å². The van der Waals surface area contributed by atoms with E-state index in [0.29, 0.717) is 31.1 Å². The summed E-state index contributed by atoms with van der Waals surface area (Å²) in [6, 6.07) is 4.02. The molecule has 1 atom stereocenters. The minimum Gasteiger partial charge on any atom is -0.336 e. The van der Waals surface area contributed by atoms with Crippen LogP contribution in [0.2, 0.25) is 0 Å². The molecule has 0 spiro atoms. The Hall–Kier alpha value is -1.97. The Kier molecular flexibility index (Phi) is 7.19. The van der Waals surface area contributed by atoms with E-state index in [1.54, 1.807) is 19.1 Å². The van der Waals surface area contributed by atoms with Crippen LogP contribution in [-0.4, -0.2) is 67.8 Å². The lowest BCUT2D eigenvalue weighted by molar-refractivity contribution is -0.125. The van der Waals surface area contributed by atoms with Gasteiger partial charge in [-0.15, -0.1) is 0 Å². The highest BCUT2D eigenvalue weighted by Crippen LogP contribution is 2.21. The van der Waals surface area contributed by atoms with E-state index in [1.165, 1.54) is 4.31 Å². The molecule has 1 aliphatic heterocycles. The molecule has 156 valence electrons. The molecule has 1 fully saturated rings. The first-order valence-electron chi connectivity index (χ1n) is 9.45. The third-order valence-electron chi connectivity index (χ3n) is 4.97. The summed E-state index contributed by atoms with van der Waals surface area (Å²) >= 11 is 0. The maximum Gasteiger partial charge on any atom is 0.321 e. The number of sulfonamides is 1. The van der Waals surface area contributed by atoms with Crippen molar-refractivity contribution in [1.29, 1.82) is 0 Å². The quantitative estimate of drug-likeness (QED) is 0.761. The fourth-order valence-electron chi connectivity index (χ4n) is 3.04. The molecule has 3 amide bonds. The minimum absolute atomic E-state index is 0.0673. The molecule has 0 aromatic heterocycles. The Morgan fingerprint density at radius 3 is 2.14 bits per heavy atom. The molecule has 0 bridgehead atoms. The molecule has 1 aromatic carbocycles. The topological polar surface area (TPSA) is 98.8 Å². The average molecular weight is 411 g/mol. The van der Waals surface area contributed by atoms with Crippen LogP contribution in [0.5, 0.6) is 0 Å². The van der Waals surface area contributed by atoms with E-state index in [1.807, 2.05) is 38.7 Å². The van der Waals surface area contributed by atoms with Crippen LogP contribution in [0.4, 0.5) is 4.79 Å². The first-order chi connectivity index (χ1) is 13.0. The summed E-state index contributed by atoms with van der Waals surface area (Å²) in [5.74, 6) is -0.399. The highest BCUT2D eigenvalue weighted by molar-refractivity contribution is 7.89. The first kappa shape index (κ1) is 22.3. The molecular formula is C19H30N4O4S. The van der Waals surface area contributed by atoms with E-state index in [0.717, 1.165) is 11.1 Å². The Balaban J connectivity index is 1.96. The molecule has 8 nitrogen and oxygen atoms in total. The van der Waals surface area contributed by atoms with Gasteiger partial charge in [-0.05, 0) is 57.9 Å². The van der Waals surface area contributed by atoms with Gasteiger partial charge in [0.25, 0.3) is 0 Å². The van der Waals surface area contributed by atoms with Crippen LogP contribution < -0.4 is 10.6 Å². The number of hydrogen-bond donors (Lipinski definition) is 2. The van der Waals surface area contributed by atoms with E-state index in [4.69, 9.17) is 0 Å². The number of carbonyl (C=O) groups is 2. The standard InChI is InChI=1S/C19H30N4O4S/c1-13(2)20-19(25)21-18(24)16(5)22-8-10-23(11-9-22)28(26,27)17-7-6-14(3)15(4)12-17/h6-7,12-13,16H,8-11H2,1-5H3,(H2,20,21,24,25)/t16-/m1/s1. The predicted octanol–water partition coefficient (Wildman–Crippen LogP) is 1.23. The summed E-state index contributed by atoms with van der Waals surface area (Å²) in [5.41, 5.74) is 1.98. The molecule has 0 unspecified atom stereocenters. The number of imide groups is 1. The Morgan fingerprint density at radius 2 is 1.61 bits per heavy atom. The van der Waals surface area contributed by atoms with Crippen molar-refractivity contribution in [2.75, 3.05) is 26.2 Å². The summed E-state index contributed by atoms with van der Waals surface area (Å²) in [4.78, 5) is 26.1. The van der Waals surface area contributed by atoms with E-state index in [9.17, 15) is 18.0 Å². The van der Waals surface area contributed by atoms with E-state index >= 15 is 0 Å². The smallest absolute Gasteiger partial charge is 0.321 e. The van der Waals surface area contributed by atoms with Gasteiger partial charge in [0, 0.05) is 32.2 Å². The second-order valence-electron chi connectivity index (χ2n) is 7.48. The van der Waals surface area contributed by atoms with Crippen LogP contribution in [0.3, 0.4) is 0 Å². The number of benzene rings is 1. The van der Waals surface area contributed by atoms with Gasteiger partial charge >= 0.3 is 6.03 Å². The van der Waals surface area contributed by atoms with Crippen molar-refractivity contribution in [3.8, 4) is 0 Å². The number of rotatable bonds is 5. The number of amides is 3. The molecule has 28 heavy (non-hydrogen) atoms. The Bertz CT molecular complexity index is 830. The number of piperazine rings is 1. The van der Waals surface area contributed by atoms with Gasteiger partial charge in [0.15, 0.2) is 0 Å². The van der Waals surface area contributed by atoms with Crippen LogP contribution in [0.15, 0.2) is 23.1 Å². The van der Waals surface area contributed by atoms with E-state index in [-0.39, 0.29) is 6.04 Å². The summed E-state index contributed by atoms with van der Waals surface area (Å²) in [6.45, 7) is 10.6. The normalized spacial score (nSPS) is 17.4.